The Morgan fingerprint density at radius 2 is 1.74 bits per heavy atom. The number of thioether (sulfide) groups is 1. The molecule has 1 N–H and O–H groups in total. The minimum Gasteiger partial charge on any atom is -0.489 e. The van der Waals surface area contributed by atoms with Crippen LogP contribution in [0.5, 0.6) is 5.75 Å². The SMILES string of the molecule is CSC1=NN2C(=c3ccccc3=NC2c2ccc(OCc3ccccc3)cc2)C(=O)N1. The summed E-state index contributed by atoms with van der Waals surface area (Å²) in [4.78, 5) is 17.8. The van der Waals surface area contributed by atoms with E-state index in [0.29, 0.717) is 17.5 Å². The Hall–Kier alpha value is -3.58. The summed E-state index contributed by atoms with van der Waals surface area (Å²) in [5, 5.41) is 11.3. The van der Waals surface area contributed by atoms with Gasteiger partial charge in [-0.25, -0.2) is 5.01 Å². The number of rotatable bonds is 4. The first-order valence-corrected chi connectivity index (χ1v) is 11.1. The van der Waals surface area contributed by atoms with E-state index >= 15 is 0 Å². The number of hydrazone groups is 1. The maximum absolute atomic E-state index is 12.9. The maximum atomic E-state index is 12.9. The number of carbonyl (C=O) groups excluding carboxylic acids is 1. The Balaban J connectivity index is 1.48. The first-order valence-electron chi connectivity index (χ1n) is 9.90. The summed E-state index contributed by atoms with van der Waals surface area (Å²) in [5.41, 5.74) is 2.55. The smallest absolute Gasteiger partial charge is 0.276 e. The molecule has 3 aromatic carbocycles. The zero-order valence-electron chi connectivity index (χ0n) is 16.9. The van der Waals surface area contributed by atoms with Crippen molar-refractivity contribution in [2.45, 2.75) is 12.8 Å². The van der Waals surface area contributed by atoms with Gasteiger partial charge in [0.2, 0.25) is 0 Å². The first-order chi connectivity index (χ1) is 15.2. The molecule has 0 bridgehead atoms. The Labute approximate surface area is 184 Å². The standard InChI is InChI=1S/C24H20N4O2S/c1-31-24-26-23(29)21-19-9-5-6-10-20(19)25-22(28(21)27-24)17-11-13-18(14-12-17)30-15-16-7-3-2-4-8-16/h2-14,22H,15H2,1H3,(H,26,27,29). The molecule has 0 fully saturated rings. The second-order valence-corrected chi connectivity index (χ2v) is 7.91. The molecule has 154 valence electrons. The molecule has 0 aliphatic carbocycles. The van der Waals surface area contributed by atoms with Crippen molar-refractivity contribution < 1.29 is 9.53 Å². The van der Waals surface area contributed by atoms with Crippen molar-refractivity contribution in [2.75, 3.05) is 6.26 Å². The van der Waals surface area contributed by atoms with E-state index in [0.717, 1.165) is 27.5 Å². The van der Waals surface area contributed by atoms with Gasteiger partial charge in [-0.3, -0.25) is 15.1 Å². The minimum atomic E-state index is -0.429. The Bertz CT molecular complexity index is 1270. The van der Waals surface area contributed by atoms with Crippen LogP contribution >= 0.6 is 11.8 Å². The molecule has 0 saturated heterocycles. The number of amides is 1. The van der Waals surface area contributed by atoms with Crippen LogP contribution in [-0.2, 0) is 11.4 Å². The summed E-state index contributed by atoms with van der Waals surface area (Å²) in [7, 11) is 0. The van der Waals surface area contributed by atoms with Gasteiger partial charge in [-0.15, -0.1) is 5.10 Å². The van der Waals surface area contributed by atoms with Crippen LogP contribution in [0.1, 0.15) is 17.3 Å². The minimum absolute atomic E-state index is 0.172. The predicted molar refractivity (Wildman–Crippen MR) is 122 cm³/mol. The number of nitrogens with one attached hydrogen (secondary N) is 1. The molecule has 0 spiro atoms. The van der Waals surface area contributed by atoms with E-state index in [9.17, 15) is 4.79 Å². The van der Waals surface area contributed by atoms with E-state index < -0.39 is 6.17 Å². The molecular formula is C24H20N4O2S. The average Bonchev–Trinajstić information content (AvgIpc) is 2.83. The molecule has 3 aromatic rings. The number of carbonyl (C=O) groups is 1. The molecule has 0 saturated carbocycles. The first kappa shape index (κ1) is 19.4. The molecule has 31 heavy (non-hydrogen) atoms. The predicted octanol–water partition coefficient (Wildman–Crippen LogP) is 2.77. The quantitative estimate of drug-likeness (QED) is 0.694. The van der Waals surface area contributed by atoms with E-state index in [1.54, 1.807) is 5.01 Å². The van der Waals surface area contributed by atoms with Crippen LogP contribution in [0.2, 0.25) is 0 Å². The van der Waals surface area contributed by atoms with Crippen molar-refractivity contribution >= 4 is 28.5 Å². The molecule has 0 radical (unpaired) electrons. The number of fused-ring (bicyclic) bond motifs is 2. The zero-order chi connectivity index (χ0) is 21.2. The lowest BCUT2D eigenvalue weighted by molar-refractivity contribution is -0.116. The number of nitrogens with zero attached hydrogens (tertiary/aromatic N) is 3. The molecule has 1 atom stereocenters. The molecule has 6 nitrogen and oxygen atoms in total. The number of benzene rings is 3. The molecule has 5 rings (SSSR count). The highest BCUT2D eigenvalue weighted by atomic mass is 32.2. The molecule has 2 aliphatic rings. The largest absolute Gasteiger partial charge is 0.489 e. The summed E-state index contributed by atoms with van der Waals surface area (Å²) in [6, 6.07) is 25.5. The molecule has 1 unspecified atom stereocenters. The highest BCUT2D eigenvalue weighted by Gasteiger charge is 2.34. The van der Waals surface area contributed by atoms with Crippen LogP contribution in [-0.4, -0.2) is 22.3 Å². The Kier molecular flexibility index (Phi) is 5.18. The van der Waals surface area contributed by atoms with Gasteiger partial charge in [0.1, 0.15) is 18.1 Å². The number of hydrogen-bond donors (Lipinski definition) is 1. The number of hydrogen-bond acceptors (Lipinski definition) is 6. The van der Waals surface area contributed by atoms with Gasteiger partial charge in [0, 0.05) is 5.22 Å². The second-order valence-electron chi connectivity index (χ2n) is 7.12. The van der Waals surface area contributed by atoms with Gasteiger partial charge in [-0.2, -0.15) is 0 Å². The lowest BCUT2D eigenvalue weighted by Crippen LogP contribution is -2.50. The highest BCUT2D eigenvalue weighted by Crippen LogP contribution is 2.31. The van der Waals surface area contributed by atoms with Crippen molar-refractivity contribution in [1.82, 2.24) is 10.3 Å². The average molecular weight is 429 g/mol. The molecule has 1 amide bonds. The van der Waals surface area contributed by atoms with Gasteiger partial charge < -0.3 is 4.74 Å². The fourth-order valence-electron chi connectivity index (χ4n) is 3.61. The molecule has 2 heterocycles. The monoisotopic (exact) mass is 428 g/mol. The summed E-state index contributed by atoms with van der Waals surface area (Å²) in [6.45, 7) is 0.507. The van der Waals surface area contributed by atoms with Crippen molar-refractivity contribution in [3.05, 3.63) is 101 Å². The van der Waals surface area contributed by atoms with E-state index in [4.69, 9.17) is 9.73 Å². The molecule has 0 aromatic heterocycles. The van der Waals surface area contributed by atoms with Crippen molar-refractivity contribution in [3.8, 4) is 5.75 Å². The fraction of sp³-hybridized carbons (Fsp3) is 0.125. The Morgan fingerprint density at radius 1 is 1.00 bits per heavy atom. The van der Waals surface area contributed by atoms with E-state index in [1.807, 2.05) is 85.1 Å². The third-order valence-electron chi connectivity index (χ3n) is 5.14. The number of para-hydroxylation sites is 1. The molecule has 2 aliphatic heterocycles. The van der Waals surface area contributed by atoms with Gasteiger partial charge in [0.25, 0.3) is 5.91 Å². The van der Waals surface area contributed by atoms with E-state index in [-0.39, 0.29) is 5.91 Å². The van der Waals surface area contributed by atoms with Crippen LogP contribution in [0.15, 0.2) is 89.0 Å². The fourth-order valence-corrected chi connectivity index (χ4v) is 3.98. The third-order valence-corrected chi connectivity index (χ3v) is 5.71. The van der Waals surface area contributed by atoms with E-state index in [1.165, 1.54) is 11.8 Å². The topological polar surface area (TPSA) is 66.3 Å². The van der Waals surface area contributed by atoms with Crippen LogP contribution in [0.4, 0.5) is 0 Å². The normalized spacial score (nSPS) is 17.1. The van der Waals surface area contributed by atoms with Gasteiger partial charge in [-0.1, -0.05) is 72.4 Å². The number of ether oxygens (including phenoxy) is 1. The lowest BCUT2D eigenvalue weighted by Gasteiger charge is -2.33. The van der Waals surface area contributed by atoms with Gasteiger partial charge in [0.15, 0.2) is 11.3 Å². The Morgan fingerprint density at radius 3 is 2.52 bits per heavy atom. The van der Waals surface area contributed by atoms with E-state index in [2.05, 4.69) is 10.4 Å². The van der Waals surface area contributed by atoms with Gasteiger partial charge in [0.05, 0.1) is 5.36 Å². The summed E-state index contributed by atoms with van der Waals surface area (Å²) in [5.74, 6) is 0.604. The summed E-state index contributed by atoms with van der Waals surface area (Å²) < 4.78 is 5.90. The lowest BCUT2D eigenvalue weighted by atomic mass is 10.1. The van der Waals surface area contributed by atoms with Crippen molar-refractivity contribution in [1.29, 1.82) is 0 Å². The molecular weight excluding hydrogens is 408 g/mol. The van der Waals surface area contributed by atoms with Gasteiger partial charge >= 0.3 is 0 Å². The van der Waals surface area contributed by atoms with Crippen LogP contribution in [0, 0.1) is 0 Å². The van der Waals surface area contributed by atoms with Crippen molar-refractivity contribution in [2.24, 2.45) is 10.1 Å². The number of amidine groups is 1. The van der Waals surface area contributed by atoms with Crippen LogP contribution in [0.25, 0.3) is 5.70 Å². The maximum Gasteiger partial charge on any atom is 0.276 e. The summed E-state index contributed by atoms with van der Waals surface area (Å²) in [6.07, 6.45) is 1.45. The summed E-state index contributed by atoms with van der Waals surface area (Å²) >= 11 is 1.39. The van der Waals surface area contributed by atoms with Crippen molar-refractivity contribution in [3.63, 3.8) is 0 Å². The third kappa shape index (κ3) is 3.80. The van der Waals surface area contributed by atoms with Gasteiger partial charge in [-0.05, 0) is 35.6 Å². The highest BCUT2D eigenvalue weighted by molar-refractivity contribution is 8.13. The van der Waals surface area contributed by atoms with Crippen LogP contribution in [0.3, 0.4) is 0 Å². The zero-order valence-corrected chi connectivity index (χ0v) is 17.7. The molecule has 7 heteroatoms. The van der Waals surface area contributed by atoms with Crippen LogP contribution < -0.4 is 20.6 Å². The second kappa shape index (κ2) is 8.28.